The van der Waals surface area contributed by atoms with Gasteiger partial charge < -0.3 is 9.15 Å². The maximum absolute atomic E-state index is 12.8. The van der Waals surface area contributed by atoms with Crippen LogP contribution in [-0.2, 0) is 14.8 Å². The second-order valence-corrected chi connectivity index (χ2v) is 9.06. The molecule has 0 atom stereocenters. The first-order valence-corrected chi connectivity index (χ1v) is 11.3. The molecule has 0 spiro atoms. The lowest BCUT2D eigenvalue weighted by Gasteiger charge is -2.30. The van der Waals surface area contributed by atoms with E-state index in [-0.39, 0.29) is 35.8 Å². The minimum atomic E-state index is -3.62. The Kier molecular flexibility index (Phi) is 6.01. The number of nitrogens with one attached hydrogen (secondary N) is 1. The second-order valence-electron chi connectivity index (χ2n) is 7.12. The fraction of sp³-hybridized carbons (Fsp3) is 0.286. The van der Waals surface area contributed by atoms with Crippen molar-refractivity contribution in [3.63, 3.8) is 0 Å². The van der Waals surface area contributed by atoms with E-state index < -0.39 is 10.0 Å². The lowest BCUT2D eigenvalue weighted by molar-refractivity contribution is -0.121. The summed E-state index contributed by atoms with van der Waals surface area (Å²) < 4.78 is 37.7. The van der Waals surface area contributed by atoms with Crippen molar-refractivity contribution < 1.29 is 22.4 Å². The predicted octanol–water partition coefficient (Wildman–Crippen LogP) is 2.78. The molecule has 2 aromatic carbocycles. The number of carbonyl (C=O) groups excluding carboxylic acids is 1. The van der Waals surface area contributed by atoms with Gasteiger partial charge in [-0.2, -0.15) is 4.31 Å². The molecule has 0 radical (unpaired) electrons. The molecule has 1 amide bonds. The summed E-state index contributed by atoms with van der Waals surface area (Å²) in [6.07, 6.45) is 0.807. The molecule has 3 aromatic rings. The number of nitrogens with zero attached hydrogens (tertiary/aromatic N) is 3. The number of hydrogen-bond acceptors (Lipinski definition) is 7. The van der Waals surface area contributed by atoms with E-state index in [0.717, 1.165) is 5.56 Å². The van der Waals surface area contributed by atoms with Crippen LogP contribution >= 0.6 is 0 Å². The van der Waals surface area contributed by atoms with Crippen LogP contribution in [0.2, 0.25) is 0 Å². The zero-order valence-electron chi connectivity index (χ0n) is 16.9. The van der Waals surface area contributed by atoms with E-state index in [1.54, 1.807) is 12.1 Å². The van der Waals surface area contributed by atoms with Gasteiger partial charge in [-0.1, -0.05) is 23.3 Å². The quantitative estimate of drug-likeness (QED) is 0.624. The Hall–Kier alpha value is -3.24. The maximum atomic E-state index is 12.8. The highest BCUT2D eigenvalue weighted by Gasteiger charge is 2.32. The fourth-order valence-corrected chi connectivity index (χ4v) is 4.90. The molecule has 1 aliphatic heterocycles. The topological polar surface area (TPSA) is 115 Å². The van der Waals surface area contributed by atoms with Crippen molar-refractivity contribution in [3.05, 3.63) is 54.6 Å². The summed E-state index contributed by atoms with van der Waals surface area (Å²) in [7, 11) is -2.09. The van der Waals surface area contributed by atoms with Gasteiger partial charge in [0.05, 0.1) is 12.0 Å². The highest BCUT2D eigenvalue weighted by molar-refractivity contribution is 7.89. The van der Waals surface area contributed by atoms with Gasteiger partial charge in [0, 0.05) is 24.6 Å². The van der Waals surface area contributed by atoms with Crippen molar-refractivity contribution in [1.29, 1.82) is 0 Å². The fourth-order valence-electron chi connectivity index (χ4n) is 3.43. The number of anilines is 1. The van der Waals surface area contributed by atoms with Crippen LogP contribution in [0.4, 0.5) is 6.01 Å². The first-order valence-electron chi connectivity index (χ1n) is 9.81. The summed E-state index contributed by atoms with van der Waals surface area (Å²) in [5, 5.41) is 10.5. The molecule has 0 unspecified atom stereocenters. The van der Waals surface area contributed by atoms with Gasteiger partial charge >= 0.3 is 6.01 Å². The number of sulfonamides is 1. The van der Waals surface area contributed by atoms with E-state index in [9.17, 15) is 13.2 Å². The Bertz CT molecular complexity index is 1140. The molecule has 10 heteroatoms. The molecule has 1 N–H and O–H groups in total. The van der Waals surface area contributed by atoms with E-state index >= 15 is 0 Å². The number of hydrogen-bond donors (Lipinski definition) is 1. The average Bonchev–Trinajstić information content (AvgIpc) is 3.28. The van der Waals surface area contributed by atoms with Gasteiger partial charge in [0.25, 0.3) is 0 Å². The first-order chi connectivity index (χ1) is 15.0. The number of piperidine rings is 1. The zero-order valence-corrected chi connectivity index (χ0v) is 17.7. The molecule has 2 heterocycles. The monoisotopic (exact) mass is 442 g/mol. The summed E-state index contributed by atoms with van der Waals surface area (Å²) in [4.78, 5) is 12.8. The summed E-state index contributed by atoms with van der Waals surface area (Å²) in [5.41, 5.74) is 0.757. The Balaban J connectivity index is 1.35. The third kappa shape index (κ3) is 4.59. The molecular weight excluding hydrogens is 420 g/mol. The van der Waals surface area contributed by atoms with Crippen LogP contribution in [0.3, 0.4) is 0 Å². The second kappa shape index (κ2) is 8.86. The largest absolute Gasteiger partial charge is 0.497 e. The van der Waals surface area contributed by atoms with E-state index in [1.807, 2.05) is 30.3 Å². The van der Waals surface area contributed by atoms with Gasteiger partial charge in [-0.3, -0.25) is 10.1 Å². The first kappa shape index (κ1) is 21.0. The SMILES string of the molecule is COc1ccc(S(=O)(=O)N2CCC(C(=O)Nc3nnc(-c4ccccc4)o3)CC2)cc1. The minimum Gasteiger partial charge on any atom is -0.497 e. The lowest BCUT2D eigenvalue weighted by Crippen LogP contribution is -2.41. The van der Waals surface area contributed by atoms with E-state index in [1.165, 1.54) is 23.5 Å². The number of benzene rings is 2. The van der Waals surface area contributed by atoms with Gasteiger partial charge in [0.15, 0.2) is 0 Å². The Morgan fingerprint density at radius 1 is 1.06 bits per heavy atom. The number of ether oxygens (including phenoxy) is 1. The van der Waals surface area contributed by atoms with Crippen LogP contribution in [-0.4, -0.2) is 49.0 Å². The highest BCUT2D eigenvalue weighted by Crippen LogP contribution is 2.26. The molecule has 162 valence electrons. The molecule has 31 heavy (non-hydrogen) atoms. The van der Waals surface area contributed by atoms with Crippen molar-refractivity contribution in [2.75, 3.05) is 25.5 Å². The average molecular weight is 442 g/mol. The molecule has 0 aliphatic carbocycles. The maximum Gasteiger partial charge on any atom is 0.322 e. The normalized spacial score (nSPS) is 15.5. The molecule has 4 rings (SSSR count). The summed E-state index contributed by atoms with van der Waals surface area (Å²) >= 11 is 0. The van der Waals surface area contributed by atoms with Crippen LogP contribution in [0.15, 0.2) is 63.9 Å². The van der Waals surface area contributed by atoms with Crippen molar-refractivity contribution >= 4 is 21.9 Å². The Labute approximate surface area is 180 Å². The van der Waals surface area contributed by atoms with Crippen molar-refractivity contribution in [2.45, 2.75) is 17.7 Å². The number of amides is 1. The predicted molar refractivity (Wildman–Crippen MR) is 113 cm³/mol. The van der Waals surface area contributed by atoms with Crippen LogP contribution in [0, 0.1) is 5.92 Å². The molecule has 1 saturated heterocycles. The Morgan fingerprint density at radius 3 is 2.39 bits per heavy atom. The minimum absolute atomic E-state index is 0.0251. The smallest absolute Gasteiger partial charge is 0.322 e. The number of rotatable bonds is 6. The zero-order chi connectivity index (χ0) is 21.8. The molecule has 1 aromatic heterocycles. The standard InChI is InChI=1S/C21H22N4O5S/c1-29-17-7-9-18(10-8-17)31(27,28)25-13-11-15(12-14-25)19(26)22-21-24-23-20(30-21)16-5-3-2-4-6-16/h2-10,15H,11-14H2,1H3,(H,22,24,26). The van der Waals surface area contributed by atoms with E-state index in [4.69, 9.17) is 9.15 Å². The highest BCUT2D eigenvalue weighted by atomic mass is 32.2. The Morgan fingerprint density at radius 2 is 1.74 bits per heavy atom. The van der Waals surface area contributed by atoms with E-state index in [0.29, 0.717) is 24.5 Å². The molecule has 0 saturated carbocycles. The van der Waals surface area contributed by atoms with E-state index in [2.05, 4.69) is 15.5 Å². The van der Waals surface area contributed by atoms with Crippen LogP contribution < -0.4 is 10.1 Å². The van der Waals surface area contributed by atoms with Gasteiger partial charge in [-0.15, -0.1) is 5.10 Å². The van der Waals surface area contributed by atoms with Gasteiger partial charge in [-0.25, -0.2) is 8.42 Å². The van der Waals surface area contributed by atoms with Crippen LogP contribution in [0.25, 0.3) is 11.5 Å². The molecule has 1 fully saturated rings. The third-order valence-electron chi connectivity index (χ3n) is 5.20. The lowest BCUT2D eigenvalue weighted by atomic mass is 9.97. The molecule has 1 aliphatic rings. The summed E-state index contributed by atoms with van der Waals surface area (Å²) in [5.74, 6) is 0.307. The van der Waals surface area contributed by atoms with Gasteiger partial charge in [-0.05, 0) is 49.2 Å². The van der Waals surface area contributed by atoms with Crippen molar-refractivity contribution in [3.8, 4) is 17.2 Å². The summed E-state index contributed by atoms with van der Waals surface area (Å²) in [6.45, 7) is 0.511. The van der Waals surface area contributed by atoms with Crippen molar-refractivity contribution in [2.24, 2.45) is 5.92 Å². The van der Waals surface area contributed by atoms with Crippen LogP contribution in [0.5, 0.6) is 5.75 Å². The number of aromatic nitrogens is 2. The molecule has 9 nitrogen and oxygen atoms in total. The molecule has 0 bridgehead atoms. The third-order valence-corrected chi connectivity index (χ3v) is 7.11. The number of methoxy groups -OCH3 is 1. The van der Waals surface area contributed by atoms with Gasteiger partial charge in [0.1, 0.15) is 5.75 Å². The van der Waals surface area contributed by atoms with Crippen LogP contribution in [0.1, 0.15) is 12.8 Å². The number of carbonyl (C=O) groups is 1. The molecular formula is C21H22N4O5S. The van der Waals surface area contributed by atoms with Gasteiger partial charge in [0.2, 0.25) is 21.8 Å². The summed E-state index contributed by atoms with van der Waals surface area (Å²) in [6, 6.07) is 15.5. The van der Waals surface area contributed by atoms with Crippen molar-refractivity contribution in [1.82, 2.24) is 14.5 Å².